The monoisotopic (exact) mass is 243 g/mol. The number of likely N-dealkylation sites (tertiary alicyclic amines) is 1. The second kappa shape index (κ2) is 6.87. The molecule has 2 rings (SSSR count). The third-order valence-electron chi connectivity index (χ3n) is 4.16. The molecular weight excluding hydrogens is 218 g/mol. The fraction of sp³-hybridized carbons (Fsp3) is 1.00. The van der Waals surface area contributed by atoms with Crippen molar-refractivity contribution in [1.29, 1.82) is 0 Å². The van der Waals surface area contributed by atoms with Crippen LogP contribution in [0.3, 0.4) is 0 Å². The van der Waals surface area contributed by atoms with Crippen molar-refractivity contribution in [3.8, 4) is 0 Å². The van der Waals surface area contributed by atoms with E-state index in [9.17, 15) is 0 Å². The van der Waals surface area contributed by atoms with Gasteiger partial charge in [0.1, 0.15) is 0 Å². The molecule has 0 amide bonds. The molecule has 1 saturated carbocycles. The molecule has 2 nitrogen and oxygen atoms in total. The van der Waals surface area contributed by atoms with Gasteiger partial charge in [-0.15, -0.1) is 0 Å². The van der Waals surface area contributed by atoms with Gasteiger partial charge in [-0.05, 0) is 31.2 Å². The minimum absolute atomic E-state index is 0.795. The van der Waals surface area contributed by atoms with Crippen LogP contribution in [0.25, 0.3) is 0 Å². The molecule has 3 heteroatoms. The average molecular weight is 243 g/mol. The zero-order valence-electron chi connectivity index (χ0n) is 10.2. The Kier molecular flexibility index (Phi) is 5.46. The molecule has 0 N–H and O–H groups in total. The Morgan fingerprint density at radius 3 is 2.69 bits per heavy atom. The molecule has 0 aromatic rings. The zero-order chi connectivity index (χ0) is 11.2. The molecule has 1 heterocycles. The Labute approximate surface area is 105 Å². The van der Waals surface area contributed by atoms with E-state index < -0.39 is 0 Å². The van der Waals surface area contributed by atoms with Gasteiger partial charge in [0, 0.05) is 18.8 Å². The second-order valence-electron chi connectivity index (χ2n) is 5.23. The quantitative estimate of drug-likeness (QED) is 0.588. The van der Waals surface area contributed by atoms with Crippen LogP contribution in [0.4, 0.5) is 0 Å². The first-order chi connectivity index (χ1) is 7.90. The number of ether oxygens (including phenoxy) is 1. The van der Waals surface area contributed by atoms with E-state index in [0.717, 1.165) is 37.3 Å². The van der Waals surface area contributed by atoms with Crippen LogP contribution in [-0.2, 0) is 4.74 Å². The summed E-state index contributed by atoms with van der Waals surface area (Å²) < 4.78 is 5.50. The molecule has 2 aliphatic rings. The van der Waals surface area contributed by atoms with Crippen LogP contribution in [0.15, 0.2) is 0 Å². The summed E-state index contributed by atoms with van der Waals surface area (Å²) >= 11 is 4.14. The van der Waals surface area contributed by atoms with E-state index in [4.69, 9.17) is 4.74 Å². The second-order valence-corrected chi connectivity index (χ2v) is 5.68. The van der Waals surface area contributed by atoms with E-state index in [2.05, 4.69) is 17.5 Å². The topological polar surface area (TPSA) is 12.5 Å². The number of fused-ring (bicyclic) bond motifs is 1. The third kappa shape index (κ3) is 3.64. The van der Waals surface area contributed by atoms with Gasteiger partial charge in [0.15, 0.2) is 0 Å². The van der Waals surface area contributed by atoms with Gasteiger partial charge in [0.2, 0.25) is 0 Å². The van der Waals surface area contributed by atoms with Crippen molar-refractivity contribution >= 4 is 12.6 Å². The van der Waals surface area contributed by atoms with Crippen molar-refractivity contribution in [2.75, 3.05) is 38.6 Å². The molecule has 0 radical (unpaired) electrons. The van der Waals surface area contributed by atoms with Crippen molar-refractivity contribution in [2.24, 2.45) is 11.8 Å². The lowest BCUT2D eigenvalue weighted by atomic mass is 9.75. The summed E-state index contributed by atoms with van der Waals surface area (Å²) in [6.45, 7) is 5.43. The lowest BCUT2D eigenvalue weighted by Crippen LogP contribution is -2.43. The number of hydrogen-bond acceptors (Lipinski definition) is 3. The lowest BCUT2D eigenvalue weighted by molar-refractivity contribution is 0.0560. The number of rotatable bonds is 5. The Balaban J connectivity index is 1.65. The van der Waals surface area contributed by atoms with Gasteiger partial charge in [-0.2, -0.15) is 12.6 Å². The molecule has 16 heavy (non-hydrogen) atoms. The summed E-state index contributed by atoms with van der Waals surface area (Å²) in [6, 6.07) is 0. The predicted molar refractivity (Wildman–Crippen MR) is 71.2 cm³/mol. The molecule has 0 aromatic carbocycles. The Morgan fingerprint density at radius 1 is 1.06 bits per heavy atom. The van der Waals surface area contributed by atoms with Crippen LogP contribution < -0.4 is 0 Å². The Bertz CT molecular complexity index is 200. The maximum Gasteiger partial charge on any atom is 0.0593 e. The molecule has 2 atom stereocenters. The molecule has 0 bridgehead atoms. The summed E-state index contributed by atoms with van der Waals surface area (Å²) in [5.74, 6) is 2.88. The van der Waals surface area contributed by atoms with Crippen molar-refractivity contribution in [3.63, 3.8) is 0 Å². The minimum atomic E-state index is 0.795. The zero-order valence-corrected chi connectivity index (χ0v) is 11.1. The van der Waals surface area contributed by atoms with Crippen LogP contribution in [0, 0.1) is 11.8 Å². The van der Waals surface area contributed by atoms with Crippen LogP contribution in [0.5, 0.6) is 0 Å². The van der Waals surface area contributed by atoms with Crippen LogP contribution in [-0.4, -0.2) is 43.5 Å². The van der Waals surface area contributed by atoms with Crippen LogP contribution >= 0.6 is 12.6 Å². The highest BCUT2D eigenvalue weighted by molar-refractivity contribution is 7.80. The van der Waals surface area contributed by atoms with Crippen molar-refractivity contribution in [2.45, 2.75) is 32.1 Å². The average Bonchev–Trinajstić information content (AvgIpc) is 2.34. The first-order valence-electron chi connectivity index (χ1n) is 6.81. The first kappa shape index (κ1) is 12.7. The van der Waals surface area contributed by atoms with Gasteiger partial charge in [-0.1, -0.05) is 19.3 Å². The summed E-state index contributed by atoms with van der Waals surface area (Å²) in [5.41, 5.74) is 0. The van der Waals surface area contributed by atoms with E-state index in [1.807, 2.05) is 0 Å². The maximum atomic E-state index is 5.50. The van der Waals surface area contributed by atoms with Gasteiger partial charge < -0.3 is 9.64 Å². The molecule has 0 aromatic heterocycles. The molecule has 1 aliphatic carbocycles. The normalized spacial score (nSPS) is 31.3. The lowest BCUT2D eigenvalue weighted by Gasteiger charge is -2.41. The molecule has 94 valence electrons. The molecule has 1 saturated heterocycles. The van der Waals surface area contributed by atoms with Crippen molar-refractivity contribution < 1.29 is 4.74 Å². The Morgan fingerprint density at radius 2 is 1.88 bits per heavy atom. The maximum absolute atomic E-state index is 5.50. The fourth-order valence-electron chi connectivity index (χ4n) is 3.24. The van der Waals surface area contributed by atoms with E-state index in [0.29, 0.717) is 0 Å². The predicted octanol–water partition coefficient (Wildman–Crippen LogP) is 2.44. The fourth-order valence-corrected chi connectivity index (χ4v) is 3.37. The van der Waals surface area contributed by atoms with E-state index in [1.165, 1.54) is 45.2 Å². The number of thiol groups is 1. The van der Waals surface area contributed by atoms with Gasteiger partial charge in [0.05, 0.1) is 13.2 Å². The SMILES string of the molecule is SCCOCCN1CCC2CCCCC2C1. The summed E-state index contributed by atoms with van der Waals surface area (Å²) in [7, 11) is 0. The minimum Gasteiger partial charge on any atom is -0.379 e. The highest BCUT2D eigenvalue weighted by Crippen LogP contribution is 2.35. The number of piperidine rings is 1. The third-order valence-corrected chi connectivity index (χ3v) is 4.35. The smallest absolute Gasteiger partial charge is 0.0593 e. The van der Waals surface area contributed by atoms with Crippen molar-refractivity contribution in [1.82, 2.24) is 4.90 Å². The van der Waals surface area contributed by atoms with Gasteiger partial charge in [-0.25, -0.2) is 0 Å². The van der Waals surface area contributed by atoms with E-state index in [1.54, 1.807) is 0 Å². The first-order valence-corrected chi connectivity index (χ1v) is 7.44. The molecule has 2 fully saturated rings. The van der Waals surface area contributed by atoms with E-state index >= 15 is 0 Å². The highest BCUT2D eigenvalue weighted by atomic mass is 32.1. The molecule has 1 aliphatic heterocycles. The number of nitrogens with zero attached hydrogens (tertiary/aromatic N) is 1. The van der Waals surface area contributed by atoms with Gasteiger partial charge in [-0.3, -0.25) is 0 Å². The van der Waals surface area contributed by atoms with Crippen molar-refractivity contribution in [3.05, 3.63) is 0 Å². The summed E-state index contributed by atoms with van der Waals surface area (Å²) in [6.07, 6.45) is 7.34. The Hall–Kier alpha value is 0.270. The van der Waals surface area contributed by atoms with E-state index in [-0.39, 0.29) is 0 Å². The molecule has 0 spiro atoms. The highest BCUT2D eigenvalue weighted by Gasteiger charge is 2.30. The summed E-state index contributed by atoms with van der Waals surface area (Å²) in [4.78, 5) is 2.60. The standard InChI is InChI=1S/C13H25NOS/c16-10-9-15-8-7-14-6-5-12-3-1-2-4-13(12)11-14/h12-13,16H,1-11H2. The van der Waals surface area contributed by atoms with Gasteiger partial charge >= 0.3 is 0 Å². The largest absolute Gasteiger partial charge is 0.379 e. The van der Waals surface area contributed by atoms with Gasteiger partial charge in [0.25, 0.3) is 0 Å². The number of hydrogen-bond donors (Lipinski definition) is 1. The summed E-state index contributed by atoms with van der Waals surface area (Å²) in [5, 5.41) is 0. The molecule has 2 unspecified atom stereocenters. The van der Waals surface area contributed by atoms with Crippen LogP contribution in [0.2, 0.25) is 0 Å². The van der Waals surface area contributed by atoms with Crippen LogP contribution in [0.1, 0.15) is 32.1 Å². The molecular formula is C13H25NOS.